The lowest BCUT2D eigenvalue weighted by Crippen LogP contribution is -2.29. The van der Waals surface area contributed by atoms with Crippen molar-refractivity contribution in [1.82, 2.24) is 0 Å². The van der Waals surface area contributed by atoms with Crippen molar-refractivity contribution >= 4 is 23.1 Å². The van der Waals surface area contributed by atoms with Crippen LogP contribution in [0.1, 0.15) is 70.7 Å². The molecule has 1 fully saturated rings. The fraction of sp³-hybridized carbons (Fsp3) is 0.333. The summed E-state index contributed by atoms with van der Waals surface area (Å²) in [6.07, 6.45) is 0.884. The predicted octanol–water partition coefficient (Wildman–Crippen LogP) is 7.19. The van der Waals surface area contributed by atoms with Crippen molar-refractivity contribution in [3.63, 3.8) is 0 Å². The summed E-state index contributed by atoms with van der Waals surface area (Å²) in [6, 6.07) is 21.1. The Morgan fingerprint density at radius 2 is 1.49 bits per heavy atom. The number of carbonyl (C=O) groups is 2. The largest absolute Gasteiger partial charge is 0.507 e. The van der Waals surface area contributed by atoms with Crippen LogP contribution in [0.2, 0.25) is 0 Å². The van der Waals surface area contributed by atoms with E-state index < -0.39 is 17.7 Å². The number of anilines is 1. The first-order valence-corrected chi connectivity index (χ1v) is 13.4. The molecule has 1 unspecified atom stereocenters. The van der Waals surface area contributed by atoms with Gasteiger partial charge in [-0.2, -0.15) is 0 Å². The monoisotopic (exact) mass is 527 g/mol. The molecule has 1 aliphatic heterocycles. The van der Waals surface area contributed by atoms with Gasteiger partial charge in [-0.25, -0.2) is 0 Å². The van der Waals surface area contributed by atoms with Gasteiger partial charge < -0.3 is 14.6 Å². The molecule has 0 radical (unpaired) electrons. The molecule has 0 aromatic heterocycles. The second kappa shape index (κ2) is 11.4. The highest BCUT2D eigenvalue weighted by Gasteiger charge is 2.47. The van der Waals surface area contributed by atoms with E-state index in [-0.39, 0.29) is 22.9 Å². The molecular weight excluding hydrogens is 490 g/mol. The Morgan fingerprint density at radius 3 is 2.03 bits per heavy atom. The molecule has 6 heteroatoms. The summed E-state index contributed by atoms with van der Waals surface area (Å²) in [7, 11) is 0. The molecule has 0 saturated carbocycles. The predicted molar refractivity (Wildman–Crippen MR) is 154 cm³/mol. The maximum atomic E-state index is 13.5. The fourth-order valence-electron chi connectivity index (χ4n) is 4.62. The smallest absolute Gasteiger partial charge is 0.300 e. The Kier molecular flexibility index (Phi) is 8.14. The number of hydrogen-bond donors (Lipinski definition) is 1. The lowest BCUT2D eigenvalue weighted by atomic mass is 9.85. The zero-order valence-corrected chi connectivity index (χ0v) is 23.5. The lowest BCUT2D eigenvalue weighted by molar-refractivity contribution is -0.132. The van der Waals surface area contributed by atoms with E-state index in [4.69, 9.17) is 9.47 Å². The van der Waals surface area contributed by atoms with Gasteiger partial charge in [0.25, 0.3) is 11.7 Å². The average Bonchev–Trinajstić information content (AvgIpc) is 3.17. The zero-order valence-electron chi connectivity index (χ0n) is 23.5. The third-order valence-corrected chi connectivity index (χ3v) is 6.62. The van der Waals surface area contributed by atoms with E-state index >= 15 is 0 Å². The molecule has 1 aliphatic rings. The number of carbonyl (C=O) groups excluding carboxylic acids is 2. The quantitative estimate of drug-likeness (QED) is 0.191. The van der Waals surface area contributed by atoms with E-state index in [0.717, 1.165) is 17.5 Å². The van der Waals surface area contributed by atoms with Crippen LogP contribution in [-0.2, 0) is 15.0 Å². The van der Waals surface area contributed by atoms with Crippen LogP contribution in [0.3, 0.4) is 0 Å². The van der Waals surface area contributed by atoms with E-state index in [1.54, 1.807) is 48.5 Å². The van der Waals surface area contributed by atoms with Gasteiger partial charge in [0.1, 0.15) is 17.3 Å². The Balaban J connectivity index is 1.82. The Morgan fingerprint density at radius 1 is 0.897 bits per heavy atom. The fourth-order valence-corrected chi connectivity index (χ4v) is 4.62. The van der Waals surface area contributed by atoms with Gasteiger partial charge >= 0.3 is 0 Å². The summed E-state index contributed by atoms with van der Waals surface area (Å²) in [5.74, 6) is -0.302. The van der Waals surface area contributed by atoms with E-state index in [1.807, 2.05) is 45.0 Å². The number of Topliss-reactive ketones (excluding diaryl/α,β-unsaturated/α-hetero) is 1. The molecule has 3 aromatic rings. The summed E-state index contributed by atoms with van der Waals surface area (Å²) < 4.78 is 11.4. The summed E-state index contributed by atoms with van der Waals surface area (Å²) >= 11 is 0. The molecule has 6 nitrogen and oxygen atoms in total. The summed E-state index contributed by atoms with van der Waals surface area (Å²) in [6.45, 7) is 12.9. The van der Waals surface area contributed by atoms with Crippen molar-refractivity contribution in [2.45, 2.75) is 65.5 Å². The van der Waals surface area contributed by atoms with Crippen molar-refractivity contribution in [1.29, 1.82) is 0 Å². The molecule has 1 heterocycles. The zero-order chi connectivity index (χ0) is 28.3. The molecule has 0 aliphatic carbocycles. The van der Waals surface area contributed by atoms with Crippen LogP contribution in [0.25, 0.3) is 5.76 Å². The minimum absolute atomic E-state index is 0.00479. The van der Waals surface area contributed by atoms with Gasteiger partial charge in [-0.15, -0.1) is 0 Å². The third kappa shape index (κ3) is 6.00. The molecule has 1 atom stereocenters. The number of hydrogen-bond acceptors (Lipinski definition) is 5. The molecule has 0 bridgehead atoms. The first-order valence-electron chi connectivity index (χ1n) is 13.4. The molecule has 1 amide bonds. The summed E-state index contributed by atoms with van der Waals surface area (Å²) in [5.41, 5.74) is 2.83. The van der Waals surface area contributed by atoms with Crippen molar-refractivity contribution < 1.29 is 24.2 Å². The third-order valence-electron chi connectivity index (χ3n) is 6.62. The number of ether oxygens (including phenoxy) is 2. The van der Waals surface area contributed by atoms with Crippen molar-refractivity contribution in [2.24, 2.45) is 0 Å². The van der Waals surface area contributed by atoms with E-state index in [0.29, 0.717) is 29.4 Å². The number of ketones is 1. The van der Waals surface area contributed by atoms with E-state index in [1.165, 1.54) is 4.90 Å². The van der Waals surface area contributed by atoms with E-state index in [2.05, 4.69) is 20.8 Å². The van der Waals surface area contributed by atoms with Crippen LogP contribution in [0, 0.1) is 0 Å². The SMILES string of the molecule is CCCOc1ccc(/C(O)=C2/C(=O)C(=O)N(c3ccc(OC(C)C)cc3)C2c2ccc(C(C)(C)C)cc2)cc1. The molecule has 204 valence electrons. The number of aliphatic hydroxyl groups excluding tert-OH is 1. The van der Waals surface area contributed by atoms with Gasteiger partial charge in [-0.05, 0) is 85.3 Å². The second-order valence-corrected chi connectivity index (χ2v) is 11.1. The van der Waals surface area contributed by atoms with Gasteiger partial charge in [-0.1, -0.05) is 52.0 Å². The average molecular weight is 528 g/mol. The van der Waals surface area contributed by atoms with Gasteiger partial charge in [0.05, 0.1) is 24.3 Å². The normalized spacial score (nSPS) is 17.1. The van der Waals surface area contributed by atoms with Crippen LogP contribution in [0.5, 0.6) is 11.5 Å². The Hall–Kier alpha value is -4.06. The highest BCUT2D eigenvalue weighted by molar-refractivity contribution is 6.51. The molecule has 3 aromatic carbocycles. The molecule has 1 N–H and O–H groups in total. The van der Waals surface area contributed by atoms with Gasteiger partial charge in [0.15, 0.2) is 0 Å². The second-order valence-electron chi connectivity index (χ2n) is 11.1. The Bertz CT molecular complexity index is 1350. The molecule has 0 spiro atoms. The molecule has 4 rings (SSSR count). The number of nitrogens with zero attached hydrogens (tertiary/aromatic N) is 1. The minimum atomic E-state index is -0.799. The van der Waals surface area contributed by atoms with Crippen LogP contribution in [0.4, 0.5) is 5.69 Å². The molecule has 39 heavy (non-hydrogen) atoms. The maximum Gasteiger partial charge on any atom is 0.300 e. The first kappa shape index (κ1) is 28.0. The van der Waals surface area contributed by atoms with E-state index in [9.17, 15) is 14.7 Å². The number of amides is 1. The number of aliphatic hydroxyl groups is 1. The van der Waals surface area contributed by atoms with Crippen LogP contribution >= 0.6 is 0 Å². The topological polar surface area (TPSA) is 76.1 Å². The summed E-state index contributed by atoms with van der Waals surface area (Å²) in [4.78, 5) is 28.4. The first-order chi connectivity index (χ1) is 18.5. The van der Waals surface area contributed by atoms with Gasteiger partial charge in [0.2, 0.25) is 0 Å². The molecule has 1 saturated heterocycles. The minimum Gasteiger partial charge on any atom is -0.507 e. The molecular formula is C33H37NO5. The van der Waals surface area contributed by atoms with Crippen molar-refractivity contribution in [2.75, 3.05) is 11.5 Å². The number of rotatable bonds is 8. The standard InChI is InChI=1S/C33H37NO5/c1-7-20-38-26-16-10-23(11-17-26)30(35)28-29(22-8-12-24(13-9-22)33(4,5)6)34(32(37)31(28)36)25-14-18-27(19-15-25)39-21(2)3/h8-19,21,29,35H,7,20H2,1-6H3/b30-28-. The Labute approximate surface area is 230 Å². The van der Waals surface area contributed by atoms with Crippen LogP contribution < -0.4 is 14.4 Å². The van der Waals surface area contributed by atoms with Gasteiger partial charge in [0, 0.05) is 11.3 Å². The highest BCUT2D eigenvalue weighted by Crippen LogP contribution is 2.43. The number of benzene rings is 3. The van der Waals surface area contributed by atoms with Crippen LogP contribution in [-0.4, -0.2) is 29.5 Å². The maximum absolute atomic E-state index is 13.5. The van der Waals surface area contributed by atoms with Crippen molar-refractivity contribution in [3.8, 4) is 11.5 Å². The van der Waals surface area contributed by atoms with Crippen LogP contribution in [0.15, 0.2) is 78.4 Å². The van der Waals surface area contributed by atoms with Gasteiger partial charge in [-0.3, -0.25) is 14.5 Å². The summed E-state index contributed by atoms with van der Waals surface area (Å²) in [5, 5.41) is 11.4. The lowest BCUT2D eigenvalue weighted by Gasteiger charge is -2.27. The highest BCUT2D eigenvalue weighted by atomic mass is 16.5. The van der Waals surface area contributed by atoms with Crippen molar-refractivity contribution in [3.05, 3.63) is 95.1 Å².